The third-order valence-corrected chi connectivity index (χ3v) is 8.40. The highest BCUT2D eigenvalue weighted by molar-refractivity contribution is 7.89. The van der Waals surface area contributed by atoms with Crippen LogP contribution in [-0.4, -0.2) is 68.8 Å². The normalized spacial score (nSPS) is 22.2. The van der Waals surface area contributed by atoms with Gasteiger partial charge in [0, 0.05) is 49.4 Å². The second kappa shape index (κ2) is 8.92. The summed E-state index contributed by atoms with van der Waals surface area (Å²) in [6, 6.07) is 11.5. The number of amides is 2. The molecule has 2 atom stereocenters. The molecule has 2 aromatic carbocycles. The SMILES string of the molecule is CC1CC1C(=O)Nc1cccc(C(=O)N2CCN(S(=O)(=O)c3ccc4c(c3)OCCO4)CC2)c1. The number of nitrogens with one attached hydrogen (secondary N) is 1. The van der Waals surface area contributed by atoms with E-state index >= 15 is 0 Å². The fourth-order valence-corrected chi connectivity index (χ4v) is 5.74. The number of fused-ring (bicyclic) bond motifs is 1. The predicted octanol–water partition coefficient (Wildman–Crippen LogP) is 2.20. The van der Waals surface area contributed by atoms with Gasteiger partial charge in [0.2, 0.25) is 15.9 Å². The standard InChI is InChI=1S/C24H27N3O6S/c1-16-13-20(16)23(28)25-18-4-2-3-17(14-18)24(29)26-7-9-27(10-8-26)34(30,31)19-5-6-21-22(15-19)33-12-11-32-21/h2-6,14-16,20H,7-13H2,1H3,(H,25,28). The quantitative estimate of drug-likeness (QED) is 0.696. The second-order valence-electron chi connectivity index (χ2n) is 8.89. The van der Waals surface area contributed by atoms with Crippen LogP contribution in [0, 0.1) is 11.8 Å². The lowest BCUT2D eigenvalue weighted by Crippen LogP contribution is -2.50. The van der Waals surface area contributed by atoms with E-state index in [1.54, 1.807) is 35.2 Å². The molecule has 2 fully saturated rings. The van der Waals surface area contributed by atoms with Gasteiger partial charge in [0.25, 0.3) is 5.91 Å². The van der Waals surface area contributed by atoms with E-state index in [0.717, 1.165) is 6.42 Å². The van der Waals surface area contributed by atoms with Crippen molar-refractivity contribution in [2.45, 2.75) is 18.2 Å². The number of anilines is 1. The molecule has 3 aliphatic rings. The maximum Gasteiger partial charge on any atom is 0.254 e. The summed E-state index contributed by atoms with van der Waals surface area (Å²) in [5.74, 6) is 1.19. The van der Waals surface area contributed by atoms with Gasteiger partial charge in [-0.15, -0.1) is 0 Å². The van der Waals surface area contributed by atoms with Gasteiger partial charge in [-0.05, 0) is 42.7 Å². The first-order valence-corrected chi connectivity index (χ1v) is 12.9. The molecule has 1 N–H and O–H groups in total. The molecule has 0 radical (unpaired) electrons. The Bertz CT molecular complexity index is 1220. The first-order valence-electron chi connectivity index (χ1n) is 11.4. The average molecular weight is 486 g/mol. The summed E-state index contributed by atoms with van der Waals surface area (Å²) in [6.45, 7) is 3.79. The molecular weight excluding hydrogens is 458 g/mol. The molecule has 9 nitrogen and oxygen atoms in total. The number of hydrogen-bond acceptors (Lipinski definition) is 6. The highest BCUT2D eigenvalue weighted by atomic mass is 32.2. The van der Waals surface area contributed by atoms with Gasteiger partial charge in [0.1, 0.15) is 13.2 Å². The van der Waals surface area contributed by atoms with E-state index < -0.39 is 10.0 Å². The molecule has 0 bridgehead atoms. The highest BCUT2D eigenvalue weighted by Crippen LogP contribution is 2.38. The smallest absolute Gasteiger partial charge is 0.254 e. The summed E-state index contributed by atoms with van der Waals surface area (Å²) in [7, 11) is -3.72. The van der Waals surface area contributed by atoms with Crippen molar-refractivity contribution in [1.29, 1.82) is 0 Å². The van der Waals surface area contributed by atoms with Crippen LogP contribution in [0.3, 0.4) is 0 Å². The predicted molar refractivity (Wildman–Crippen MR) is 124 cm³/mol. The molecule has 2 heterocycles. The van der Waals surface area contributed by atoms with Gasteiger partial charge in [-0.1, -0.05) is 13.0 Å². The molecule has 2 unspecified atom stereocenters. The summed E-state index contributed by atoms with van der Waals surface area (Å²) < 4.78 is 38.6. The Morgan fingerprint density at radius 1 is 0.971 bits per heavy atom. The van der Waals surface area contributed by atoms with E-state index in [4.69, 9.17) is 9.47 Å². The zero-order valence-corrected chi connectivity index (χ0v) is 19.7. The second-order valence-corrected chi connectivity index (χ2v) is 10.8. The summed E-state index contributed by atoms with van der Waals surface area (Å²) in [5.41, 5.74) is 1.06. The fourth-order valence-electron chi connectivity index (χ4n) is 4.30. The maximum atomic E-state index is 13.1. The first kappa shape index (κ1) is 22.7. The molecule has 1 aliphatic carbocycles. The van der Waals surface area contributed by atoms with Crippen molar-refractivity contribution in [2.24, 2.45) is 11.8 Å². The van der Waals surface area contributed by atoms with Gasteiger partial charge < -0.3 is 19.7 Å². The molecule has 1 saturated heterocycles. The Morgan fingerprint density at radius 3 is 2.38 bits per heavy atom. The monoisotopic (exact) mass is 485 g/mol. The molecule has 5 rings (SSSR count). The van der Waals surface area contributed by atoms with Crippen LogP contribution in [0.2, 0.25) is 0 Å². The van der Waals surface area contributed by atoms with E-state index in [0.29, 0.717) is 41.9 Å². The van der Waals surface area contributed by atoms with Crippen molar-refractivity contribution in [3.8, 4) is 11.5 Å². The van der Waals surface area contributed by atoms with Gasteiger partial charge >= 0.3 is 0 Å². The molecule has 2 aliphatic heterocycles. The lowest BCUT2D eigenvalue weighted by atomic mass is 10.1. The summed E-state index contributed by atoms with van der Waals surface area (Å²) in [6.07, 6.45) is 0.893. The highest BCUT2D eigenvalue weighted by Gasteiger charge is 2.39. The Hall–Kier alpha value is -3.11. The number of carbonyl (C=O) groups is 2. The third-order valence-electron chi connectivity index (χ3n) is 6.50. The molecule has 2 aromatic rings. The van der Waals surface area contributed by atoms with Crippen LogP contribution >= 0.6 is 0 Å². The molecule has 34 heavy (non-hydrogen) atoms. The largest absolute Gasteiger partial charge is 0.486 e. The summed E-state index contributed by atoms with van der Waals surface area (Å²) >= 11 is 0. The Balaban J connectivity index is 1.22. The van der Waals surface area contributed by atoms with Crippen LogP contribution in [0.1, 0.15) is 23.7 Å². The Morgan fingerprint density at radius 2 is 1.68 bits per heavy atom. The van der Waals surface area contributed by atoms with Crippen LogP contribution in [0.4, 0.5) is 5.69 Å². The van der Waals surface area contributed by atoms with E-state index in [1.165, 1.54) is 16.4 Å². The van der Waals surface area contributed by atoms with Crippen molar-refractivity contribution in [3.63, 3.8) is 0 Å². The number of hydrogen-bond donors (Lipinski definition) is 1. The molecule has 180 valence electrons. The molecule has 1 saturated carbocycles. The Labute approximate surface area is 198 Å². The van der Waals surface area contributed by atoms with Gasteiger partial charge in [-0.2, -0.15) is 4.31 Å². The number of sulfonamides is 1. The number of benzene rings is 2. The van der Waals surface area contributed by atoms with E-state index in [-0.39, 0.29) is 48.8 Å². The van der Waals surface area contributed by atoms with Crippen molar-refractivity contribution in [2.75, 3.05) is 44.7 Å². The zero-order chi connectivity index (χ0) is 23.9. The lowest BCUT2D eigenvalue weighted by molar-refractivity contribution is -0.117. The van der Waals surface area contributed by atoms with Gasteiger partial charge in [-0.25, -0.2) is 8.42 Å². The van der Waals surface area contributed by atoms with E-state index in [1.807, 2.05) is 6.92 Å². The van der Waals surface area contributed by atoms with Crippen LogP contribution in [0.25, 0.3) is 0 Å². The van der Waals surface area contributed by atoms with Crippen LogP contribution in [0.15, 0.2) is 47.4 Å². The molecule has 10 heteroatoms. The maximum absolute atomic E-state index is 13.1. The molecule has 0 aromatic heterocycles. The van der Waals surface area contributed by atoms with Gasteiger partial charge in [0.15, 0.2) is 11.5 Å². The number of ether oxygens (including phenoxy) is 2. The van der Waals surface area contributed by atoms with Crippen molar-refractivity contribution >= 4 is 27.5 Å². The Kier molecular flexibility index (Phi) is 5.95. The van der Waals surface area contributed by atoms with Crippen LogP contribution < -0.4 is 14.8 Å². The summed E-state index contributed by atoms with van der Waals surface area (Å²) in [5, 5.41) is 2.88. The van der Waals surface area contributed by atoms with Crippen LogP contribution in [-0.2, 0) is 14.8 Å². The third kappa shape index (κ3) is 4.47. The zero-order valence-electron chi connectivity index (χ0n) is 18.9. The fraction of sp³-hybridized carbons (Fsp3) is 0.417. The minimum Gasteiger partial charge on any atom is -0.486 e. The number of piperazine rings is 1. The van der Waals surface area contributed by atoms with Crippen molar-refractivity contribution in [3.05, 3.63) is 48.0 Å². The topological polar surface area (TPSA) is 105 Å². The van der Waals surface area contributed by atoms with Gasteiger partial charge in [-0.3, -0.25) is 9.59 Å². The number of rotatable bonds is 5. The van der Waals surface area contributed by atoms with Gasteiger partial charge in [0.05, 0.1) is 4.90 Å². The minimum absolute atomic E-state index is 0.0185. The number of nitrogens with zero attached hydrogens (tertiary/aromatic N) is 2. The van der Waals surface area contributed by atoms with Crippen molar-refractivity contribution in [1.82, 2.24) is 9.21 Å². The van der Waals surface area contributed by atoms with E-state index in [9.17, 15) is 18.0 Å². The average Bonchev–Trinajstić information content (AvgIpc) is 3.60. The first-order chi connectivity index (χ1) is 16.3. The van der Waals surface area contributed by atoms with E-state index in [2.05, 4.69) is 5.32 Å². The minimum atomic E-state index is -3.72. The summed E-state index contributed by atoms with van der Waals surface area (Å²) in [4.78, 5) is 27.0. The van der Waals surface area contributed by atoms with Crippen molar-refractivity contribution < 1.29 is 27.5 Å². The van der Waals surface area contributed by atoms with Crippen LogP contribution in [0.5, 0.6) is 11.5 Å². The molecular formula is C24H27N3O6S. The lowest BCUT2D eigenvalue weighted by Gasteiger charge is -2.34. The molecule has 2 amide bonds. The number of carbonyl (C=O) groups excluding carboxylic acids is 2. The molecule has 0 spiro atoms.